The zero-order valence-corrected chi connectivity index (χ0v) is 13.4. The van der Waals surface area contributed by atoms with Crippen molar-refractivity contribution >= 4 is 11.6 Å². The molecule has 0 saturated heterocycles. The standard InChI is InChI=1S/C17H21N3O2/c1-5-20(14-8-6-7-11(2)9-14)16(21)10-15-12(3)18-13(4)19-17(15)22/h6-9H,5,10H2,1-4H3,(H,18,19,22). The number of amides is 1. The van der Waals surface area contributed by atoms with Gasteiger partial charge in [0.15, 0.2) is 0 Å². The van der Waals surface area contributed by atoms with Crippen LogP contribution >= 0.6 is 0 Å². The number of likely N-dealkylation sites (N-methyl/N-ethyl adjacent to an activating group) is 1. The molecule has 1 N–H and O–H groups in total. The van der Waals surface area contributed by atoms with Crippen molar-refractivity contribution in [3.63, 3.8) is 0 Å². The highest BCUT2D eigenvalue weighted by Crippen LogP contribution is 2.17. The minimum absolute atomic E-state index is 0.0518. The molecule has 0 aliphatic heterocycles. The van der Waals surface area contributed by atoms with Gasteiger partial charge in [-0.1, -0.05) is 12.1 Å². The van der Waals surface area contributed by atoms with Crippen molar-refractivity contribution < 1.29 is 4.79 Å². The molecule has 0 spiro atoms. The maximum Gasteiger partial charge on any atom is 0.254 e. The number of benzene rings is 1. The van der Waals surface area contributed by atoms with Crippen molar-refractivity contribution in [1.29, 1.82) is 0 Å². The van der Waals surface area contributed by atoms with Crippen molar-refractivity contribution in [2.75, 3.05) is 11.4 Å². The molecule has 0 fully saturated rings. The first kappa shape index (κ1) is 15.9. The molecule has 1 heterocycles. The van der Waals surface area contributed by atoms with E-state index in [0.717, 1.165) is 11.3 Å². The topological polar surface area (TPSA) is 66.1 Å². The van der Waals surface area contributed by atoms with Gasteiger partial charge in [0.05, 0.1) is 6.42 Å². The molecule has 0 bridgehead atoms. The molecule has 2 rings (SSSR count). The molecule has 1 amide bonds. The van der Waals surface area contributed by atoms with Crippen LogP contribution in [0.2, 0.25) is 0 Å². The third-order valence-corrected chi connectivity index (χ3v) is 3.60. The van der Waals surface area contributed by atoms with Crippen LogP contribution in [0.4, 0.5) is 5.69 Å². The first-order valence-corrected chi connectivity index (χ1v) is 7.35. The van der Waals surface area contributed by atoms with Crippen molar-refractivity contribution in [2.45, 2.75) is 34.1 Å². The first-order chi connectivity index (χ1) is 10.4. The predicted molar refractivity (Wildman–Crippen MR) is 87.2 cm³/mol. The molecule has 116 valence electrons. The Balaban J connectivity index is 2.29. The average molecular weight is 299 g/mol. The number of nitrogens with zero attached hydrogens (tertiary/aromatic N) is 2. The predicted octanol–water partition coefficient (Wildman–Crippen LogP) is 2.29. The smallest absolute Gasteiger partial charge is 0.254 e. The zero-order chi connectivity index (χ0) is 16.3. The largest absolute Gasteiger partial charge is 0.312 e. The maximum atomic E-state index is 12.6. The average Bonchev–Trinajstić information content (AvgIpc) is 2.43. The summed E-state index contributed by atoms with van der Waals surface area (Å²) in [6.45, 7) is 7.95. The molecule has 2 aromatic rings. The SMILES string of the molecule is CCN(C(=O)Cc1c(C)nc(C)[nH]c1=O)c1cccc(C)c1. The second-order valence-electron chi connectivity index (χ2n) is 5.37. The molecule has 0 atom stereocenters. The van der Waals surface area contributed by atoms with Crippen LogP contribution in [0.1, 0.15) is 29.6 Å². The molecule has 5 nitrogen and oxygen atoms in total. The van der Waals surface area contributed by atoms with Gasteiger partial charge in [0.2, 0.25) is 5.91 Å². The van der Waals surface area contributed by atoms with Crippen LogP contribution in [0.15, 0.2) is 29.1 Å². The third kappa shape index (κ3) is 3.42. The van der Waals surface area contributed by atoms with Gasteiger partial charge in [-0.15, -0.1) is 0 Å². The number of carbonyl (C=O) groups is 1. The minimum atomic E-state index is -0.237. The van der Waals surface area contributed by atoms with Gasteiger partial charge in [-0.05, 0) is 45.4 Å². The van der Waals surface area contributed by atoms with Crippen LogP contribution in [0, 0.1) is 20.8 Å². The van der Waals surface area contributed by atoms with Gasteiger partial charge in [-0.3, -0.25) is 9.59 Å². The second-order valence-corrected chi connectivity index (χ2v) is 5.37. The first-order valence-electron chi connectivity index (χ1n) is 7.35. The molecule has 0 aliphatic carbocycles. The fraction of sp³-hybridized carbons (Fsp3) is 0.353. The van der Waals surface area contributed by atoms with Crippen molar-refractivity contribution in [3.05, 3.63) is 57.3 Å². The van der Waals surface area contributed by atoms with Gasteiger partial charge in [0.25, 0.3) is 5.56 Å². The second kappa shape index (κ2) is 6.56. The molecule has 22 heavy (non-hydrogen) atoms. The van der Waals surface area contributed by atoms with E-state index in [-0.39, 0.29) is 17.9 Å². The normalized spacial score (nSPS) is 10.5. The number of nitrogens with one attached hydrogen (secondary N) is 1. The highest BCUT2D eigenvalue weighted by molar-refractivity contribution is 5.94. The summed E-state index contributed by atoms with van der Waals surface area (Å²) < 4.78 is 0. The van der Waals surface area contributed by atoms with Crippen molar-refractivity contribution in [1.82, 2.24) is 9.97 Å². The molecule has 1 aromatic carbocycles. The van der Waals surface area contributed by atoms with E-state index in [9.17, 15) is 9.59 Å². The molecule has 1 aromatic heterocycles. The quantitative estimate of drug-likeness (QED) is 0.942. The number of aromatic amines is 1. The summed E-state index contributed by atoms with van der Waals surface area (Å²) in [5, 5.41) is 0. The van der Waals surface area contributed by atoms with E-state index in [4.69, 9.17) is 0 Å². The van der Waals surface area contributed by atoms with E-state index in [1.54, 1.807) is 18.7 Å². The number of hydrogen-bond acceptors (Lipinski definition) is 3. The summed E-state index contributed by atoms with van der Waals surface area (Å²) in [5.41, 5.74) is 2.74. The number of hydrogen-bond donors (Lipinski definition) is 1. The lowest BCUT2D eigenvalue weighted by Crippen LogP contribution is -2.34. The van der Waals surface area contributed by atoms with Crippen LogP contribution < -0.4 is 10.5 Å². The highest BCUT2D eigenvalue weighted by Gasteiger charge is 2.18. The van der Waals surface area contributed by atoms with Gasteiger partial charge in [-0.2, -0.15) is 0 Å². The van der Waals surface area contributed by atoms with E-state index >= 15 is 0 Å². The molecule has 5 heteroatoms. The van der Waals surface area contributed by atoms with E-state index in [1.807, 2.05) is 38.1 Å². The van der Waals surface area contributed by atoms with Crippen LogP contribution in [-0.4, -0.2) is 22.4 Å². The van der Waals surface area contributed by atoms with E-state index in [1.165, 1.54) is 0 Å². The molecular formula is C17H21N3O2. The Morgan fingerprint density at radius 1 is 1.27 bits per heavy atom. The van der Waals surface area contributed by atoms with Gasteiger partial charge >= 0.3 is 0 Å². The highest BCUT2D eigenvalue weighted by atomic mass is 16.2. The van der Waals surface area contributed by atoms with Crippen molar-refractivity contribution in [3.8, 4) is 0 Å². The van der Waals surface area contributed by atoms with Gasteiger partial charge in [0, 0.05) is 23.5 Å². The molecule has 0 unspecified atom stereocenters. The maximum absolute atomic E-state index is 12.6. The molecule has 0 saturated carbocycles. The van der Waals surface area contributed by atoms with Crippen molar-refractivity contribution in [2.24, 2.45) is 0 Å². The summed E-state index contributed by atoms with van der Waals surface area (Å²) >= 11 is 0. The Morgan fingerprint density at radius 2 is 2.00 bits per heavy atom. The fourth-order valence-corrected chi connectivity index (χ4v) is 2.50. The van der Waals surface area contributed by atoms with Gasteiger partial charge in [-0.25, -0.2) is 4.98 Å². The minimum Gasteiger partial charge on any atom is -0.312 e. The van der Waals surface area contributed by atoms with E-state index in [2.05, 4.69) is 9.97 Å². The van der Waals surface area contributed by atoms with Crippen LogP contribution in [0.3, 0.4) is 0 Å². The molecule has 0 radical (unpaired) electrons. The number of aryl methyl sites for hydroxylation is 3. The van der Waals surface area contributed by atoms with E-state index < -0.39 is 0 Å². The number of carbonyl (C=O) groups excluding carboxylic acids is 1. The Bertz CT molecular complexity index is 750. The van der Waals surface area contributed by atoms with Gasteiger partial charge < -0.3 is 9.88 Å². The number of H-pyrrole nitrogens is 1. The summed E-state index contributed by atoms with van der Waals surface area (Å²) in [6.07, 6.45) is 0.0518. The monoisotopic (exact) mass is 299 g/mol. The summed E-state index contributed by atoms with van der Waals surface area (Å²) in [7, 11) is 0. The number of aromatic nitrogens is 2. The lowest BCUT2D eigenvalue weighted by molar-refractivity contribution is -0.118. The Labute approximate surface area is 130 Å². The Morgan fingerprint density at radius 3 is 2.59 bits per heavy atom. The number of anilines is 1. The third-order valence-electron chi connectivity index (χ3n) is 3.60. The molecule has 0 aliphatic rings. The summed E-state index contributed by atoms with van der Waals surface area (Å²) in [4.78, 5) is 33.2. The number of rotatable bonds is 4. The Hall–Kier alpha value is -2.43. The molecular weight excluding hydrogens is 278 g/mol. The lowest BCUT2D eigenvalue weighted by Gasteiger charge is -2.21. The van der Waals surface area contributed by atoms with E-state index in [0.29, 0.717) is 23.6 Å². The summed E-state index contributed by atoms with van der Waals surface area (Å²) in [5.74, 6) is 0.456. The van der Waals surface area contributed by atoms with Gasteiger partial charge in [0.1, 0.15) is 5.82 Å². The van der Waals surface area contributed by atoms with Crippen LogP contribution in [0.25, 0.3) is 0 Å². The Kier molecular flexibility index (Phi) is 4.75. The fourth-order valence-electron chi connectivity index (χ4n) is 2.50. The summed E-state index contributed by atoms with van der Waals surface area (Å²) in [6, 6.07) is 7.78. The lowest BCUT2D eigenvalue weighted by atomic mass is 10.1. The van der Waals surface area contributed by atoms with Crippen LogP contribution in [-0.2, 0) is 11.2 Å². The van der Waals surface area contributed by atoms with Crippen LogP contribution in [0.5, 0.6) is 0 Å². The zero-order valence-electron chi connectivity index (χ0n) is 13.4.